The molecule has 0 unspecified atom stereocenters. The monoisotopic (exact) mass is 396 g/mol. The number of nitrogens with one attached hydrogen (secondary N) is 2. The normalized spacial score (nSPS) is 11.6. The molecular weight excluding hydrogens is 368 g/mol. The summed E-state index contributed by atoms with van der Waals surface area (Å²) < 4.78 is 5.09. The molecule has 0 aliphatic heterocycles. The second kappa shape index (κ2) is 10.4. The number of rotatable bonds is 8. The first-order chi connectivity index (χ1) is 13.7. The Morgan fingerprint density at radius 3 is 2.31 bits per heavy atom. The first kappa shape index (κ1) is 22.1. The molecule has 29 heavy (non-hydrogen) atoms. The highest BCUT2D eigenvalue weighted by Crippen LogP contribution is 2.16. The zero-order valence-corrected chi connectivity index (χ0v) is 17.3. The summed E-state index contributed by atoms with van der Waals surface area (Å²) in [5.41, 5.74) is 3.00. The van der Waals surface area contributed by atoms with Crippen LogP contribution in [0.25, 0.3) is 0 Å². The molecule has 0 bridgehead atoms. The Bertz CT molecular complexity index is 859. The van der Waals surface area contributed by atoms with Crippen molar-refractivity contribution in [2.24, 2.45) is 5.92 Å². The lowest BCUT2D eigenvalue weighted by Crippen LogP contribution is -2.31. The molecule has 0 heterocycles. The van der Waals surface area contributed by atoms with Crippen molar-refractivity contribution in [3.63, 3.8) is 0 Å². The van der Waals surface area contributed by atoms with Crippen molar-refractivity contribution < 1.29 is 19.1 Å². The molecule has 2 amide bonds. The van der Waals surface area contributed by atoms with Gasteiger partial charge in [0.15, 0.2) is 6.61 Å². The van der Waals surface area contributed by atoms with Crippen LogP contribution in [0.2, 0.25) is 0 Å². The summed E-state index contributed by atoms with van der Waals surface area (Å²) in [6.45, 7) is 7.24. The van der Waals surface area contributed by atoms with Gasteiger partial charge in [-0.05, 0) is 48.6 Å². The first-order valence-corrected chi connectivity index (χ1v) is 9.67. The summed E-state index contributed by atoms with van der Waals surface area (Å²) in [7, 11) is 0. The van der Waals surface area contributed by atoms with E-state index in [1.807, 2.05) is 19.1 Å². The number of hydrogen-bond acceptors (Lipinski definition) is 4. The molecule has 2 rings (SSSR count). The fraction of sp³-hybridized carbons (Fsp3) is 0.348. The van der Waals surface area contributed by atoms with Gasteiger partial charge in [-0.15, -0.1) is 0 Å². The number of anilines is 1. The molecule has 6 nitrogen and oxygen atoms in total. The molecule has 0 aromatic heterocycles. The van der Waals surface area contributed by atoms with Crippen LogP contribution in [0, 0.1) is 5.92 Å². The predicted octanol–water partition coefficient (Wildman–Crippen LogP) is 3.88. The van der Waals surface area contributed by atoms with Crippen molar-refractivity contribution in [1.82, 2.24) is 5.32 Å². The van der Waals surface area contributed by atoms with E-state index in [-0.39, 0.29) is 30.0 Å². The lowest BCUT2D eigenvalue weighted by molar-refractivity contribution is -0.124. The molecule has 0 aliphatic carbocycles. The zero-order valence-electron chi connectivity index (χ0n) is 17.3. The quantitative estimate of drug-likeness (QED) is 0.663. The molecule has 0 aliphatic rings. The number of benzene rings is 2. The Hall–Kier alpha value is -3.15. The van der Waals surface area contributed by atoms with E-state index in [1.54, 1.807) is 18.2 Å². The second-order valence-corrected chi connectivity index (χ2v) is 7.47. The lowest BCUT2D eigenvalue weighted by atomic mass is 10.00. The van der Waals surface area contributed by atoms with Gasteiger partial charge in [-0.25, -0.2) is 4.79 Å². The minimum absolute atomic E-state index is 0.197. The van der Waals surface area contributed by atoms with Crippen LogP contribution in [0.3, 0.4) is 0 Å². The number of carbonyl (C=O) groups is 3. The smallest absolute Gasteiger partial charge is 0.338 e. The Morgan fingerprint density at radius 2 is 1.69 bits per heavy atom. The van der Waals surface area contributed by atoms with E-state index in [2.05, 4.69) is 36.6 Å². The van der Waals surface area contributed by atoms with Crippen molar-refractivity contribution in [3.8, 4) is 0 Å². The highest BCUT2D eigenvalue weighted by molar-refractivity contribution is 5.94. The maximum absolute atomic E-state index is 12.2. The van der Waals surface area contributed by atoms with E-state index in [1.165, 1.54) is 18.6 Å². The zero-order chi connectivity index (χ0) is 21.4. The maximum atomic E-state index is 12.2. The Balaban J connectivity index is 1.85. The molecule has 2 N–H and O–H groups in total. The van der Waals surface area contributed by atoms with Crippen molar-refractivity contribution >= 4 is 23.5 Å². The summed E-state index contributed by atoms with van der Waals surface area (Å²) in [6, 6.07) is 14.3. The van der Waals surface area contributed by atoms with E-state index in [0.29, 0.717) is 11.6 Å². The Morgan fingerprint density at radius 1 is 1.00 bits per heavy atom. The lowest BCUT2D eigenvalue weighted by Gasteiger charge is -2.15. The summed E-state index contributed by atoms with van der Waals surface area (Å²) in [6.07, 6.45) is 1.01. The Labute approximate surface area is 171 Å². The highest BCUT2D eigenvalue weighted by atomic mass is 16.5. The molecule has 6 heteroatoms. The molecular formula is C23H28N2O4. The van der Waals surface area contributed by atoms with Crippen LogP contribution in [-0.4, -0.2) is 24.4 Å². The first-order valence-electron chi connectivity index (χ1n) is 9.67. The number of esters is 1. The van der Waals surface area contributed by atoms with Crippen LogP contribution in [0.1, 0.15) is 55.2 Å². The molecule has 1 atom stereocenters. The largest absolute Gasteiger partial charge is 0.452 e. The van der Waals surface area contributed by atoms with Gasteiger partial charge in [-0.2, -0.15) is 0 Å². The third-order valence-corrected chi connectivity index (χ3v) is 4.25. The SMILES string of the molecule is CC(=O)Nc1cccc(C(=O)OCC(=O)N[C@@H](C)c2ccc(CC(C)C)cc2)c1. The standard InChI is InChI=1S/C23H28N2O4/c1-15(2)12-18-8-10-19(11-9-18)16(3)24-22(27)14-29-23(28)20-6-5-7-21(13-20)25-17(4)26/h5-11,13,15-16H,12,14H2,1-4H3,(H,24,27)(H,25,26)/t16-/m0/s1. The van der Waals surface area contributed by atoms with Crippen molar-refractivity contribution in [2.45, 2.75) is 40.2 Å². The average Bonchev–Trinajstić information content (AvgIpc) is 2.66. The molecule has 154 valence electrons. The number of amides is 2. The minimum Gasteiger partial charge on any atom is -0.452 e. The summed E-state index contributed by atoms with van der Waals surface area (Å²) in [4.78, 5) is 35.4. The van der Waals surface area contributed by atoms with Crippen LogP contribution in [-0.2, 0) is 20.7 Å². The number of hydrogen-bond donors (Lipinski definition) is 2. The summed E-state index contributed by atoms with van der Waals surface area (Å²) in [5.74, 6) is -0.652. The van der Waals surface area contributed by atoms with Gasteiger partial charge in [0.2, 0.25) is 5.91 Å². The highest BCUT2D eigenvalue weighted by Gasteiger charge is 2.14. The van der Waals surface area contributed by atoms with E-state index >= 15 is 0 Å². The minimum atomic E-state index is -0.627. The van der Waals surface area contributed by atoms with Crippen molar-refractivity contribution in [1.29, 1.82) is 0 Å². The molecule has 2 aromatic rings. The molecule has 0 saturated carbocycles. The molecule has 0 radical (unpaired) electrons. The van der Waals surface area contributed by atoms with Gasteiger partial charge in [0.05, 0.1) is 11.6 Å². The summed E-state index contributed by atoms with van der Waals surface area (Å²) in [5, 5.41) is 5.42. The fourth-order valence-corrected chi connectivity index (χ4v) is 2.92. The topological polar surface area (TPSA) is 84.5 Å². The number of ether oxygens (including phenoxy) is 1. The van der Waals surface area contributed by atoms with E-state index in [4.69, 9.17) is 4.74 Å². The summed E-state index contributed by atoms with van der Waals surface area (Å²) >= 11 is 0. The van der Waals surface area contributed by atoms with Crippen LogP contribution in [0.15, 0.2) is 48.5 Å². The van der Waals surface area contributed by atoms with Gasteiger partial charge in [0.25, 0.3) is 5.91 Å². The third kappa shape index (κ3) is 7.41. The van der Waals surface area contributed by atoms with Crippen molar-refractivity contribution in [3.05, 3.63) is 65.2 Å². The molecule has 0 spiro atoms. The van der Waals surface area contributed by atoms with Gasteiger partial charge in [-0.3, -0.25) is 9.59 Å². The van der Waals surface area contributed by atoms with Crippen LogP contribution >= 0.6 is 0 Å². The van der Waals surface area contributed by atoms with Gasteiger partial charge in [0, 0.05) is 12.6 Å². The fourth-order valence-electron chi connectivity index (χ4n) is 2.92. The Kier molecular flexibility index (Phi) is 7.95. The van der Waals surface area contributed by atoms with Crippen LogP contribution < -0.4 is 10.6 Å². The molecule has 0 saturated heterocycles. The van der Waals surface area contributed by atoms with Gasteiger partial charge in [-0.1, -0.05) is 44.2 Å². The van der Waals surface area contributed by atoms with Gasteiger partial charge in [0.1, 0.15) is 0 Å². The predicted molar refractivity (Wildman–Crippen MR) is 113 cm³/mol. The van der Waals surface area contributed by atoms with Gasteiger partial charge < -0.3 is 15.4 Å². The third-order valence-electron chi connectivity index (χ3n) is 4.25. The second-order valence-electron chi connectivity index (χ2n) is 7.47. The van der Waals surface area contributed by atoms with E-state index in [0.717, 1.165) is 12.0 Å². The van der Waals surface area contributed by atoms with Crippen LogP contribution in [0.5, 0.6) is 0 Å². The average molecular weight is 396 g/mol. The van der Waals surface area contributed by atoms with Gasteiger partial charge >= 0.3 is 5.97 Å². The van der Waals surface area contributed by atoms with Crippen LogP contribution in [0.4, 0.5) is 5.69 Å². The van der Waals surface area contributed by atoms with Crippen molar-refractivity contribution in [2.75, 3.05) is 11.9 Å². The van der Waals surface area contributed by atoms with E-state index < -0.39 is 5.97 Å². The molecule has 0 fully saturated rings. The van der Waals surface area contributed by atoms with E-state index in [9.17, 15) is 14.4 Å². The maximum Gasteiger partial charge on any atom is 0.338 e. The molecule has 2 aromatic carbocycles. The number of carbonyl (C=O) groups excluding carboxylic acids is 3.